The number of hydrogen-bond acceptors (Lipinski definition) is 3. The molecule has 0 atom stereocenters. The van der Waals surface area contributed by atoms with Crippen LogP contribution in [0.25, 0.3) is 10.8 Å². The number of carbonyl (C=O) groups excluding carboxylic acids is 1. The van der Waals surface area contributed by atoms with Crippen molar-refractivity contribution in [1.82, 2.24) is 5.32 Å². The van der Waals surface area contributed by atoms with Gasteiger partial charge in [-0.2, -0.15) is 0 Å². The number of fused-ring (bicyclic) bond motifs is 1. The molecule has 28 heavy (non-hydrogen) atoms. The molecule has 0 spiro atoms. The zero-order chi connectivity index (χ0) is 19.5. The minimum atomic E-state index is -0.237. The molecule has 0 radical (unpaired) electrons. The molecule has 142 valence electrons. The first-order valence-electron chi connectivity index (χ1n) is 9.27. The Morgan fingerprint density at radius 2 is 1.68 bits per heavy atom. The largest absolute Gasteiger partial charge is 0.369 e. The Morgan fingerprint density at radius 1 is 0.964 bits per heavy atom. The number of nitrogens with one attached hydrogen (secondary N) is 2. The predicted molar refractivity (Wildman–Crippen MR) is 121 cm³/mol. The smallest absolute Gasteiger partial charge is 0.258 e. The average Bonchev–Trinajstić information content (AvgIpc) is 3.21. The summed E-state index contributed by atoms with van der Waals surface area (Å²) in [6.07, 6.45) is 2.29. The second-order valence-corrected chi connectivity index (χ2v) is 7.58. The fourth-order valence-electron chi connectivity index (χ4n) is 3.63. The molecule has 1 saturated heterocycles. The molecule has 1 fully saturated rings. The molecule has 3 aromatic carbocycles. The first-order chi connectivity index (χ1) is 13.6. The van der Waals surface area contributed by atoms with Gasteiger partial charge in [-0.3, -0.25) is 10.1 Å². The maximum absolute atomic E-state index is 12.8. The normalized spacial score (nSPS) is 13.5. The van der Waals surface area contributed by atoms with Gasteiger partial charge in [0.1, 0.15) is 0 Å². The van der Waals surface area contributed by atoms with Crippen molar-refractivity contribution < 1.29 is 4.79 Å². The molecule has 3 aromatic rings. The van der Waals surface area contributed by atoms with Crippen LogP contribution in [0.5, 0.6) is 0 Å². The molecule has 2 N–H and O–H groups in total. The van der Waals surface area contributed by atoms with Gasteiger partial charge in [0.2, 0.25) is 0 Å². The molecule has 0 aromatic heterocycles. The molecule has 1 aliphatic rings. The van der Waals surface area contributed by atoms with E-state index in [0.717, 1.165) is 48.1 Å². The van der Waals surface area contributed by atoms with E-state index in [2.05, 4.69) is 15.5 Å². The van der Waals surface area contributed by atoms with Crippen LogP contribution in [-0.2, 0) is 0 Å². The van der Waals surface area contributed by atoms with Crippen LogP contribution in [0.3, 0.4) is 0 Å². The maximum Gasteiger partial charge on any atom is 0.258 e. The SMILES string of the molecule is O=C(NC(=S)Nc1cccc(Cl)c1N1CCCC1)c1cccc2ccccc12. The third-order valence-corrected chi connectivity index (χ3v) is 5.43. The number of benzene rings is 3. The highest BCUT2D eigenvalue weighted by atomic mass is 35.5. The van der Waals surface area contributed by atoms with E-state index in [1.165, 1.54) is 0 Å². The Morgan fingerprint density at radius 3 is 2.50 bits per heavy atom. The Balaban J connectivity index is 1.53. The third-order valence-electron chi connectivity index (χ3n) is 4.92. The molecule has 4 nitrogen and oxygen atoms in total. The highest BCUT2D eigenvalue weighted by molar-refractivity contribution is 7.80. The van der Waals surface area contributed by atoms with E-state index in [1.807, 2.05) is 54.6 Å². The number of nitrogens with zero attached hydrogens (tertiary/aromatic N) is 1. The lowest BCUT2D eigenvalue weighted by Gasteiger charge is -2.23. The van der Waals surface area contributed by atoms with Crippen LogP contribution in [0.1, 0.15) is 23.2 Å². The van der Waals surface area contributed by atoms with Crippen LogP contribution >= 0.6 is 23.8 Å². The second kappa shape index (κ2) is 8.17. The van der Waals surface area contributed by atoms with Gasteiger partial charge in [-0.25, -0.2) is 0 Å². The zero-order valence-corrected chi connectivity index (χ0v) is 16.8. The van der Waals surface area contributed by atoms with Crippen molar-refractivity contribution in [3.05, 3.63) is 71.2 Å². The molecular weight excluding hydrogens is 390 g/mol. The molecule has 6 heteroatoms. The summed E-state index contributed by atoms with van der Waals surface area (Å²) < 4.78 is 0. The second-order valence-electron chi connectivity index (χ2n) is 6.77. The van der Waals surface area contributed by atoms with E-state index in [1.54, 1.807) is 6.07 Å². The third kappa shape index (κ3) is 3.81. The van der Waals surface area contributed by atoms with Crippen LogP contribution in [-0.4, -0.2) is 24.1 Å². The molecule has 1 aliphatic heterocycles. The van der Waals surface area contributed by atoms with Crippen molar-refractivity contribution >= 4 is 57.0 Å². The number of thiocarbonyl (C=S) groups is 1. The fraction of sp³-hybridized carbons (Fsp3) is 0.182. The van der Waals surface area contributed by atoms with Gasteiger partial charge in [-0.1, -0.05) is 54.1 Å². The molecule has 0 unspecified atom stereocenters. The molecule has 1 heterocycles. The Kier molecular flexibility index (Phi) is 5.46. The van der Waals surface area contributed by atoms with Gasteiger partial charge in [0.25, 0.3) is 5.91 Å². The molecule has 1 amide bonds. The number of para-hydroxylation sites is 1. The number of halogens is 1. The van der Waals surface area contributed by atoms with E-state index in [9.17, 15) is 4.79 Å². The summed E-state index contributed by atoms with van der Waals surface area (Å²) >= 11 is 11.9. The average molecular weight is 410 g/mol. The van der Waals surface area contributed by atoms with Crippen LogP contribution in [0, 0.1) is 0 Å². The summed E-state index contributed by atoms with van der Waals surface area (Å²) in [6, 6.07) is 19.1. The summed E-state index contributed by atoms with van der Waals surface area (Å²) in [4.78, 5) is 15.0. The first-order valence-corrected chi connectivity index (χ1v) is 10.1. The summed E-state index contributed by atoms with van der Waals surface area (Å²) in [5.41, 5.74) is 2.33. The standard InChI is InChI=1S/C22H20ClN3OS/c23-18-11-6-12-19(20(18)26-13-3-4-14-26)24-22(28)25-21(27)17-10-5-8-15-7-1-2-9-16(15)17/h1-2,5-12H,3-4,13-14H2,(H2,24,25,27,28). The van der Waals surface area contributed by atoms with Crippen molar-refractivity contribution in [1.29, 1.82) is 0 Å². The van der Waals surface area contributed by atoms with Crippen molar-refractivity contribution in [3.63, 3.8) is 0 Å². The van der Waals surface area contributed by atoms with Gasteiger partial charge in [0, 0.05) is 18.7 Å². The summed E-state index contributed by atoms with van der Waals surface area (Å²) in [6.45, 7) is 1.93. The van der Waals surface area contributed by atoms with Crippen molar-refractivity contribution in [2.24, 2.45) is 0 Å². The topological polar surface area (TPSA) is 44.4 Å². The van der Waals surface area contributed by atoms with Gasteiger partial charge in [0.15, 0.2) is 5.11 Å². The molecule has 0 aliphatic carbocycles. The monoisotopic (exact) mass is 409 g/mol. The van der Waals surface area contributed by atoms with Crippen molar-refractivity contribution in [3.8, 4) is 0 Å². The first kappa shape index (κ1) is 18.7. The van der Waals surface area contributed by atoms with Crippen molar-refractivity contribution in [2.75, 3.05) is 23.3 Å². The van der Waals surface area contributed by atoms with Gasteiger partial charge >= 0.3 is 0 Å². The highest BCUT2D eigenvalue weighted by Gasteiger charge is 2.20. The number of amides is 1. The fourth-order valence-corrected chi connectivity index (χ4v) is 4.12. The van der Waals surface area contributed by atoms with Crippen LogP contribution in [0.4, 0.5) is 11.4 Å². The highest BCUT2D eigenvalue weighted by Crippen LogP contribution is 2.35. The Bertz CT molecular complexity index is 1040. The van der Waals surface area contributed by atoms with Gasteiger partial charge in [-0.05, 0) is 54.0 Å². The van der Waals surface area contributed by atoms with E-state index in [0.29, 0.717) is 10.6 Å². The lowest BCUT2D eigenvalue weighted by atomic mass is 10.0. The van der Waals surface area contributed by atoms with E-state index < -0.39 is 0 Å². The number of anilines is 2. The maximum atomic E-state index is 12.8. The molecule has 0 saturated carbocycles. The lowest BCUT2D eigenvalue weighted by molar-refractivity contribution is 0.0979. The van der Waals surface area contributed by atoms with Gasteiger partial charge in [-0.15, -0.1) is 0 Å². The number of carbonyl (C=O) groups is 1. The van der Waals surface area contributed by atoms with E-state index in [-0.39, 0.29) is 11.0 Å². The van der Waals surface area contributed by atoms with E-state index in [4.69, 9.17) is 23.8 Å². The molecule has 0 bridgehead atoms. The number of hydrogen-bond donors (Lipinski definition) is 2. The lowest BCUT2D eigenvalue weighted by Crippen LogP contribution is -2.34. The van der Waals surface area contributed by atoms with E-state index >= 15 is 0 Å². The number of rotatable bonds is 3. The quantitative estimate of drug-likeness (QED) is 0.582. The summed E-state index contributed by atoms with van der Waals surface area (Å²) in [5, 5.41) is 8.78. The van der Waals surface area contributed by atoms with Crippen molar-refractivity contribution in [2.45, 2.75) is 12.8 Å². The molecule has 4 rings (SSSR count). The Labute approximate surface area is 174 Å². The van der Waals surface area contributed by atoms with Crippen LogP contribution in [0.15, 0.2) is 60.7 Å². The Hall–Kier alpha value is -2.63. The van der Waals surface area contributed by atoms with Gasteiger partial charge < -0.3 is 10.2 Å². The van der Waals surface area contributed by atoms with Crippen LogP contribution in [0.2, 0.25) is 5.02 Å². The zero-order valence-electron chi connectivity index (χ0n) is 15.2. The molecular formula is C22H20ClN3OS. The summed E-state index contributed by atoms with van der Waals surface area (Å²) in [7, 11) is 0. The summed E-state index contributed by atoms with van der Waals surface area (Å²) in [5.74, 6) is -0.237. The minimum absolute atomic E-state index is 0.237. The minimum Gasteiger partial charge on any atom is -0.369 e. The van der Waals surface area contributed by atoms with Crippen LogP contribution < -0.4 is 15.5 Å². The van der Waals surface area contributed by atoms with Gasteiger partial charge in [0.05, 0.1) is 16.4 Å². The predicted octanol–water partition coefficient (Wildman–Crippen LogP) is 5.22.